The van der Waals surface area contributed by atoms with Gasteiger partial charge in [0.1, 0.15) is 5.75 Å². The number of halogens is 1. The molecule has 0 bridgehead atoms. The summed E-state index contributed by atoms with van der Waals surface area (Å²) < 4.78 is 6.92. The fourth-order valence-corrected chi connectivity index (χ4v) is 2.88. The highest BCUT2D eigenvalue weighted by molar-refractivity contribution is 9.10. The van der Waals surface area contributed by atoms with E-state index in [1.165, 1.54) is 34.9 Å². The molecule has 1 N–H and O–H groups in total. The van der Waals surface area contributed by atoms with Gasteiger partial charge in [-0.2, -0.15) is 0 Å². The minimum atomic E-state index is 0.846. The van der Waals surface area contributed by atoms with Gasteiger partial charge < -0.3 is 10.1 Å². The average molecular weight is 298 g/mol. The van der Waals surface area contributed by atoms with E-state index in [9.17, 15) is 0 Å². The number of aryl methyl sites for hydroxylation is 1. The molecule has 2 rings (SSSR count). The summed E-state index contributed by atoms with van der Waals surface area (Å²) in [6, 6.07) is 4.40. The molecule has 1 aliphatic rings. The van der Waals surface area contributed by atoms with Gasteiger partial charge in [0.05, 0.1) is 6.61 Å². The summed E-state index contributed by atoms with van der Waals surface area (Å²) in [6.07, 6.45) is 5.97. The summed E-state index contributed by atoms with van der Waals surface area (Å²) in [4.78, 5) is 0. The summed E-state index contributed by atoms with van der Waals surface area (Å²) in [7, 11) is 2.01. The maximum Gasteiger partial charge on any atom is 0.125 e. The first kappa shape index (κ1) is 12.9. The van der Waals surface area contributed by atoms with Crippen LogP contribution in [0.4, 0.5) is 0 Å². The smallest absolute Gasteiger partial charge is 0.125 e. The molecule has 1 aromatic carbocycles. The van der Waals surface area contributed by atoms with Crippen LogP contribution in [0.2, 0.25) is 0 Å². The zero-order valence-corrected chi connectivity index (χ0v) is 12.0. The van der Waals surface area contributed by atoms with Crippen molar-refractivity contribution in [2.24, 2.45) is 0 Å². The van der Waals surface area contributed by atoms with Crippen molar-refractivity contribution in [2.75, 3.05) is 20.2 Å². The maximum atomic E-state index is 5.73. The van der Waals surface area contributed by atoms with Crippen LogP contribution in [0.3, 0.4) is 0 Å². The number of hydrogen-bond donors (Lipinski definition) is 1. The van der Waals surface area contributed by atoms with E-state index >= 15 is 0 Å². The number of hydrogen-bond acceptors (Lipinski definition) is 2. The van der Waals surface area contributed by atoms with Crippen molar-refractivity contribution in [3.05, 3.63) is 27.7 Å². The van der Waals surface area contributed by atoms with Gasteiger partial charge in [-0.05, 0) is 56.1 Å². The molecule has 3 heteroatoms. The van der Waals surface area contributed by atoms with Crippen molar-refractivity contribution < 1.29 is 4.74 Å². The van der Waals surface area contributed by atoms with Crippen molar-refractivity contribution in [3.8, 4) is 5.75 Å². The van der Waals surface area contributed by atoms with Crippen LogP contribution < -0.4 is 10.1 Å². The van der Waals surface area contributed by atoms with Crippen molar-refractivity contribution in [3.63, 3.8) is 0 Å². The maximum absolute atomic E-state index is 5.73. The molecule has 94 valence electrons. The molecule has 1 aliphatic heterocycles. The predicted molar refractivity (Wildman–Crippen MR) is 74.8 cm³/mol. The molecule has 0 spiro atoms. The van der Waals surface area contributed by atoms with Gasteiger partial charge in [0.25, 0.3) is 0 Å². The Kier molecular flexibility index (Phi) is 4.86. The van der Waals surface area contributed by atoms with Gasteiger partial charge in [-0.1, -0.05) is 22.4 Å². The van der Waals surface area contributed by atoms with E-state index in [1.54, 1.807) is 0 Å². The molecule has 0 unspecified atom stereocenters. The van der Waals surface area contributed by atoms with Crippen LogP contribution in [0.5, 0.6) is 5.75 Å². The average Bonchev–Trinajstić information content (AvgIpc) is 2.76. The van der Waals surface area contributed by atoms with Gasteiger partial charge >= 0.3 is 0 Å². The van der Waals surface area contributed by atoms with E-state index in [-0.39, 0.29) is 0 Å². The first-order valence-corrected chi connectivity index (χ1v) is 7.19. The molecule has 0 saturated carbocycles. The van der Waals surface area contributed by atoms with Gasteiger partial charge in [0.15, 0.2) is 0 Å². The number of unbranched alkanes of at least 4 members (excludes halogenated alkanes) is 2. The molecule has 0 saturated heterocycles. The fourth-order valence-electron chi connectivity index (χ4n) is 2.33. The molecule has 0 radical (unpaired) electrons. The summed E-state index contributed by atoms with van der Waals surface area (Å²) in [6.45, 7) is 1.96. The Labute approximate surface area is 112 Å². The predicted octanol–water partition coefficient (Wildman–Crippen LogP) is 3.32. The van der Waals surface area contributed by atoms with Crippen LogP contribution in [-0.4, -0.2) is 20.2 Å². The normalized spacial score (nSPS) is 13.5. The Morgan fingerprint density at radius 1 is 1.29 bits per heavy atom. The molecular formula is C14H20BrNO. The lowest BCUT2D eigenvalue weighted by Crippen LogP contribution is -2.07. The second-order valence-corrected chi connectivity index (χ2v) is 5.48. The quantitative estimate of drug-likeness (QED) is 0.814. The third-order valence-corrected chi connectivity index (χ3v) is 3.66. The SMILES string of the molecule is CNCCCCCc1cc(Br)cc2c1OCC2. The van der Waals surface area contributed by atoms with E-state index in [0.29, 0.717) is 0 Å². The van der Waals surface area contributed by atoms with Crippen molar-refractivity contribution in [1.29, 1.82) is 0 Å². The van der Waals surface area contributed by atoms with Crippen LogP contribution in [-0.2, 0) is 12.8 Å². The molecule has 0 aromatic heterocycles. The first-order valence-electron chi connectivity index (χ1n) is 6.40. The topological polar surface area (TPSA) is 21.3 Å². The summed E-state index contributed by atoms with van der Waals surface area (Å²) in [5.41, 5.74) is 2.74. The summed E-state index contributed by atoms with van der Waals surface area (Å²) >= 11 is 3.58. The largest absolute Gasteiger partial charge is 0.493 e. The molecule has 0 fully saturated rings. The number of benzene rings is 1. The van der Waals surface area contributed by atoms with Crippen molar-refractivity contribution >= 4 is 15.9 Å². The summed E-state index contributed by atoms with van der Waals surface area (Å²) in [5, 5.41) is 3.18. The van der Waals surface area contributed by atoms with Gasteiger partial charge in [-0.15, -0.1) is 0 Å². The number of fused-ring (bicyclic) bond motifs is 1. The minimum absolute atomic E-state index is 0.846. The third-order valence-electron chi connectivity index (χ3n) is 3.20. The standard InChI is InChI=1S/C14H20BrNO/c1-16-7-4-2-3-5-11-9-13(15)10-12-6-8-17-14(11)12/h9-10,16H,2-8H2,1H3. The monoisotopic (exact) mass is 297 g/mol. The van der Waals surface area contributed by atoms with Gasteiger partial charge in [0, 0.05) is 10.9 Å². The lowest BCUT2D eigenvalue weighted by Gasteiger charge is -2.09. The molecule has 1 heterocycles. The Morgan fingerprint density at radius 2 is 2.18 bits per heavy atom. The molecular weight excluding hydrogens is 278 g/mol. The molecule has 0 atom stereocenters. The van der Waals surface area contributed by atoms with E-state index < -0.39 is 0 Å². The third kappa shape index (κ3) is 3.46. The zero-order chi connectivity index (χ0) is 12.1. The van der Waals surface area contributed by atoms with Crippen LogP contribution in [0, 0.1) is 0 Å². The van der Waals surface area contributed by atoms with Crippen LogP contribution in [0.15, 0.2) is 16.6 Å². The Bertz CT molecular complexity index is 379. The molecule has 2 nitrogen and oxygen atoms in total. The number of nitrogens with one attached hydrogen (secondary N) is 1. The van der Waals surface area contributed by atoms with Crippen molar-refractivity contribution in [2.45, 2.75) is 32.1 Å². The Hall–Kier alpha value is -0.540. The highest BCUT2D eigenvalue weighted by Gasteiger charge is 2.16. The first-order chi connectivity index (χ1) is 8.31. The van der Waals surface area contributed by atoms with Gasteiger partial charge in [-0.3, -0.25) is 0 Å². The van der Waals surface area contributed by atoms with E-state index in [0.717, 1.165) is 31.7 Å². The molecule has 1 aromatic rings. The molecule has 0 aliphatic carbocycles. The van der Waals surface area contributed by atoms with Crippen LogP contribution in [0.1, 0.15) is 30.4 Å². The number of ether oxygens (including phenoxy) is 1. The number of rotatable bonds is 6. The Balaban J connectivity index is 1.92. The highest BCUT2D eigenvalue weighted by Crippen LogP contribution is 2.33. The molecule has 17 heavy (non-hydrogen) atoms. The fraction of sp³-hybridized carbons (Fsp3) is 0.571. The zero-order valence-electron chi connectivity index (χ0n) is 10.4. The van der Waals surface area contributed by atoms with E-state index in [2.05, 4.69) is 33.4 Å². The second-order valence-electron chi connectivity index (χ2n) is 4.57. The minimum Gasteiger partial charge on any atom is -0.493 e. The van der Waals surface area contributed by atoms with Crippen LogP contribution in [0.25, 0.3) is 0 Å². The van der Waals surface area contributed by atoms with E-state index in [4.69, 9.17) is 4.74 Å². The lowest BCUT2D eigenvalue weighted by molar-refractivity contribution is 0.353. The van der Waals surface area contributed by atoms with Crippen molar-refractivity contribution in [1.82, 2.24) is 5.32 Å². The van der Waals surface area contributed by atoms with Gasteiger partial charge in [-0.25, -0.2) is 0 Å². The molecule has 0 amide bonds. The Morgan fingerprint density at radius 3 is 3.00 bits per heavy atom. The summed E-state index contributed by atoms with van der Waals surface area (Å²) in [5.74, 6) is 1.15. The highest BCUT2D eigenvalue weighted by atomic mass is 79.9. The second kappa shape index (κ2) is 6.41. The van der Waals surface area contributed by atoms with E-state index in [1.807, 2.05) is 7.05 Å². The van der Waals surface area contributed by atoms with Crippen LogP contribution >= 0.6 is 15.9 Å². The van der Waals surface area contributed by atoms with Gasteiger partial charge in [0.2, 0.25) is 0 Å². The lowest BCUT2D eigenvalue weighted by atomic mass is 10.0.